The highest BCUT2D eigenvalue weighted by molar-refractivity contribution is 8.00. The molecule has 18 heavy (non-hydrogen) atoms. The van der Waals surface area contributed by atoms with E-state index in [4.69, 9.17) is 10.00 Å². The van der Waals surface area contributed by atoms with Crippen LogP contribution in [0.2, 0.25) is 0 Å². The van der Waals surface area contributed by atoms with E-state index in [2.05, 4.69) is 5.32 Å². The van der Waals surface area contributed by atoms with E-state index in [-0.39, 0.29) is 29.8 Å². The first-order valence-corrected chi connectivity index (χ1v) is 6.41. The molecule has 1 N–H and O–H groups in total. The number of Topliss-reactive ketones (excluding diaryl/α,β-unsaturated/α-hetero) is 1. The highest BCUT2D eigenvalue weighted by Gasteiger charge is 2.17. The van der Waals surface area contributed by atoms with Gasteiger partial charge < -0.3 is 10.1 Å². The zero-order chi connectivity index (χ0) is 13.0. The Bertz CT molecular complexity index is 537. The van der Waals surface area contributed by atoms with Crippen LogP contribution in [-0.2, 0) is 4.79 Å². The van der Waals surface area contributed by atoms with Crippen LogP contribution in [0.5, 0.6) is 5.75 Å². The SMILES string of the molecule is N#CCSCC(=O)c1ccc2c(c1)NC(=O)CO2. The van der Waals surface area contributed by atoms with Gasteiger partial charge >= 0.3 is 0 Å². The topological polar surface area (TPSA) is 79.2 Å². The number of nitrogens with one attached hydrogen (secondary N) is 1. The van der Waals surface area contributed by atoms with Crippen LogP contribution in [-0.4, -0.2) is 29.8 Å². The predicted molar refractivity (Wildman–Crippen MR) is 67.8 cm³/mol. The van der Waals surface area contributed by atoms with Crippen molar-refractivity contribution in [3.05, 3.63) is 23.8 Å². The summed E-state index contributed by atoms with van der Waals surface area (Å²) in [6.07, 6.45) is 0. The minimum absolute atomic E-state index is 0.00167. The Hall–Kier alpha value is -2.00. The quantitative estimate of drug-likeness (QED) is 0.656. The normalized spacial score (nSPS) is 12.9. The van der Waals surface area contributed by atoms with E-state index in [1.807, 2.05) is 6.07 Å². The Morgan fingerprint density at radius 1 is 1.56 bits per heavy atom. The molecular formula is C12H10N2O3S. The summed E-state index contributed by atoms with van der Waals surface area (Å²) in [5.74, 6) is 0.803. The van der Waals surface area contributed by atoms with Crippen LogP contribution in [0.25, 0.3) is 0 Å². The molecule has 1 aliphatic heterocycles. The average molecular weight is 262 g/mol. The Labute approximate surface area is 108 Å². The summed E-state index contributed by atoms with van der Waals surface area (Å²) in [5.41, 5.74) is 1.02. The summed E-state index contributed by atoms with van der Waals surface area (Å²) in [7, 11) is 0. The lowest BCUT2D eigenvalue weighted by Crippen LogP contribution is -2.25. The maximum Gasteiger partial charge on any atom is 0.262 e. The zero-order valence-electron chi connectivity index (χ0n) is 9.43. The maximum atomic E-state index is 11.8. The maximum absolute atomic E-state index is 11.8. The van der Waals surface area contributed by atoms with E-state index in [0.29, 0.717) is 17.0 Å². The lowest BCUT2D eigenvalue weighted by molar-refractivity contribution is -0.118. The van der Waals surface area contributed by atoms with E-state index >= 15 is 0 Å². The largest absolute Gasteiger partial charge is 0.482 e. The second kappa shape index (κ2) is 5.56. The number of anilines is 1. The Morgan fingerprint density at radius 2 is 2.39 bits per heavy atom. The highest BCUT2D eigenvalue weighted by Crippen LogP contribution is 2.28. The molecule has 0 aliphatic carbocycles. The van der Waals surface area contributed by atoms with Crippen molar-refractivity contribution in [2.45, 2.75) is 0 Å². The number of nitriles is 1. The van der Waals surface area contributed by atoms with Crippen molar-refractivity contribution in [3.8, 4) is 11.8 Å². The minimum atomic E-state index is -0.231. The van der Waals surface area contributed by atoms with Crippen molar-refractivity contribution >= 4 is 29.1 Å². The predicted octanol–water partition coefficient (Wildman–Crippen LogP) is 1.46. The zero-order valence-corrected chi connectivity index (χ0v) is 10.3. The molecular weight excluding hydrogens is 252 g/mol. The van der Waals surface area contributed by atoms with Crippen molar-refractivity contribution in [3.63, 3.8) is 0 Å². The number of rotatable bonds is 4. The number of fused-ring (bicyclic) bond motifs is 1. The molecule has 1 amide bonds. The number of ketones is 1. The standard InChI is InChI=1S/C12H10N2O3S/c13-3-4-18-7-10(15)8-1-2-11-9(5-8)14-12(16)6-17-11/h1-2,5H,4,6-7H2,(H,14,16). The number of thioether (sulfide) groups is 1. The van der Waals surface area contributed by atoms with Gasteiger partial charge in [0.25, 0.3) is 5.91 Å². The summed E-state index contributed by atoms with van der Waals surface area (Å²) in [6.45, 7) is -0.00167. The van der Waals surface area contributed by atoms with Gasteiger partial charge in [-0.2, -0.15) is 5.26 Å². The van der Waals surface area contributed by atoms with E-state index in [0.717, 1.165) is 0 Å². The van der Waals surface area contributed by atoms with Gasteiger partial charge in [0, 0.05) is 5.56 Å². The summed E-state index contributed by atoms with van der Waals surface area (Å²) < 4.78 is 5.20. The van der Waals surface area contributed by atoms with Crippen LogP contribution in [0, 0.1) is 11.3 Å². The lowest BCUT2D eigenvalue weighted by Gasteiger charge is -2.18. The van der Waals surface area contributed by atoms with Crippen LogP contribution in [0.1, 0.15) is 10.4 Å². The van der Waals surface area contributed by atoms with E-state index in [1.54, 1.807) is 18.2 Å². The molecule has 0 atom stereocenters. The van der Waals surface area contributed by atoms with Gasteiger partial charge in [0.1, 0.15) is 5.75 Å². The van der Waals surface area contributed by atoms with E-state index in [9.17, 15) is 9.59 Å². The fourth-order valence-corrected chi connectivity index (χ4v) is 2.07. The Morgan fingerprint density at radius 3 is 3.17 bits per heavy atom. The number of hydrogen-bond acceptors (Lipinski definition) is 5. The van der Waals surface area contributed by atoms with Crippen molar-refractivity contribution in [2.24, 2.45) is 0 Å². The first-order chi connectivity index (χ1) is 8.70. The average Bonchev–Trinajstić information content (AvgIpc) is 2.38. The molecule has 1 aliphatic rings. The van der Waals surface area contributed by atoms with Crippen molar-refractivity contribution in [1.29, 1.82) is 5.26 Å². The number of nitrogens with zero attached hydrogens (tertiary/aromatic N) is 1. The number of ether oxygens (including phenoxy) is 1. The van der Waals surface area contributed by atoms with Crippen LogP contribution in [0.4, 0.5) is 5.69 Å². The first kappa shape index (κ1) is 12.5. The fraction of sp³-hybridized carbons (Fsp3) is 0.250. The third kappa shape index (κ3) is 2.81. The Balaban J connectivity index is 2.11. The first-order valence-electron chi connectivity index (χ1n) is 5.25. The van der Waals surface area contributed by atoms with Crippen molar-refractivity contribution in [2.75, 3.05) is 23.4 Å². The van der Waals surface area contributed by atoms with Gasteiger partial charge in [-0.1, -0.05) is 0 Å². The summed E-state index contributed by atoms with van der Waals surface area (Å²) >= 11 is 1.26. The van der Waals surface area contributed by atoms with E-state index < -0.39 is 0 Å². The smallest absolute Gasteiger partial charge is 0.262 e. The van der Waals surface area contributed by atoms with Crippen LogP contribution in [0.3, 0.4) is 0 Å². The second-order valence-corrected chi connectivity index (χ2v) is 4.61. The second-order valence-electron chi connectivity index (χ2n) is 3.62. The Kier molecular flexibility index (Phi) is 3.85. The monoisotopic (exact) mass is 262 g/mol. The third-order valence-electron chi connectivity index (χ3n) is 2.33. The van der Waals surface area contributed by atoms with Gasteiger partial charge in [-0.25, -0.2) is 0 Å². The van der Waals surface area contributed by atoms with Gasteiger partial charge in [-0.05, 0) is 18.2 Å². The molecule has 0 aromatic heterocycles. The molecule has 0 bridgehead atoms. The molecule has 5 nitrogen and oxygen atoms in total. The molecule has 0 saturated carbocycles. The molecule has 0 spiro atoms. The summed E-state index contributed by atoms with van der Waals surface area (Å²) in [4.78, 5) is 23.0. The highest BCUT2D eigenvalue weighted by atomic mass is 32.2. The molecule has 6 heteroatoms. The van der Waals surface area contributed by atoms with Crippen molar-refractivity contribution < 1.29 is 14.3 Å². The van der Waals surface area contributed by atoms with Crippen molar-refractivity contribution in [1.82, 2.24) is 0 Å². The minimum Gasteiger partial charge on any atom is -0.482 e. The summed E-state index contributed by atoms with van der Waals surface area (Å²) in [5, 5.41) is 11.0. The molecule has 1 heterocycles. The number of benzene rings is 1. The van der Waals surface area contributed by atoms with Gasteiger partial charge in [-0.15, -0.1) is 11.8 Å². The molecule has 0 unspecified atom stereocenters. The number of amides is 1. The molecule has 0 fully saturated rings. The summed E-state index contributed by atoms with van der Waals surface area (Å²) in [6, 6.07) is 6.88. The van der Waals surface area contributed by atoms with Gasteiger partial charge in [0.05, 0.1) is 23.3 Å². The molecule has 2 rings (SSSR count). The third-order valence-corrected chi connectivity index (χ3v) is 3.13. The van der Waals surface area contributed by atoms with E-state index in [1.165, 1.54) is 11.8 Å². The van der Waals surface area contributed by atoms with Crippen LogP contribution >= 0.6 is 11.8 Å². The lowest BCUT2D eigenvalue weighted by atomic mass is 10.1. The van der Waals surface area contributed by atoms with Crippen LogP contribution in [0.15, 0.2) is 18.2 Å². The molecule has 0 saturated heterocycles. The number of hydrogen-bond donors (Lipinski definition) is 1. The fourth-order valence-electron chi connectivity index (χ4n) is 1.53. The van der Waals surface area contributed by atoms with Gasteiger partial charge in [-0.3, -0.25) is 9.59 Å². The molecule has 1 aromatic rings. The van der Waals surface area contributed by atoms with Gasteiger partial charge in [0.15, 0.2) is 12.4 Å². The molecule has 0 radical (unpaired) electrons. The van der Waals surface area contributed by atoms with Gasteiger partial charge in [0.2, 0.25) is 0 Å². The number of carbonyl (C=O) groups is 2. The molecule has 92 valence electrons. The number of carbonyl (C=O) groups excluding carboxylic acids is 2. The molecule has 1 aromatic carbocycles. The van der Waals surface area contributed by atoms with Crippen LogP contribution < -0.4 is 10.1 Å².